The number of nitrogens with zero attached hydrogens (tertiary/aromatic N) is 3. The molecule has 7 nitrogen and oxygen atoms in total. The minimum atomic E-state index is -4.78. The largest absolute Gasteiger partial charge is 0.573 e. The van der Waals surface area contributed by atoms with E-state index in [9.17, 15) is 28.2 Å². The molecule has 32 heavy (non-hydrogen) atoms. The summed E-state index contributed by atoms with van der Waals surface area (Å²) in [6, 6.07) is 5.17. The van der Waals surface area contributed by atoms with Crippen LogP contribution >= 0.6 is 23.6 Å². The standard InChI is InChI=1S/C20H20F3N3O4S2/c1-2-24-26(19(31)25-9-7-13(8-10-25)18(28)29)15-11-32-17(16(15)27)12-3-5-14(6-4-12)30-20(21,22)23/h2-6,11,13,27H,7-10H2,1H3,(H,28,29). The van der Waals surface area contributed by atoms with Gasteiger partial charge in [0.1, 0.15) is 11.4 Å². The van der Waals surface area contributed by atoms with Gasteiger partial charge in [0, 0.05) is 24.7 Å². The highest BCUT2D eigenvalue weighted by Crippen LogP contribution is 2.44. The van der Waals surface area contributed by atoms with Gasteiger partial charge in [0.25, 0.3) is 0 Å². The lowest BCUT2D eigenvalue weighted by Crippen LogP contribution is -2.45. The van der Waals surface area contributed by atoms with Gasteiger partial charge < -0.3 is 19.8 Å². The molecule has 2 heterocycles. The second-order valence-electron chi connectivity index (χ2n) is 6.94. The van der Waals surface area contributed by atoms with Crippen molar-refractivity contribution in [3.63, 3.8) is 0 Å². The normalized spacial score (nSPS) is 15.2. The molecule has 1 fully saturated rings. The minimum absolute atomic E-state index is 0.118. The summed E-state index contributed by atoms with van der Waals surface area (Å²) < 4.78 is 41.0. The van der Waals surface area contributed by atoms with Gasteiger partial charge in [-0.1, -0.05) is 0 Å². The van der Waals surface area contributed by atoms with Crippen LogP contribution in [0, 0.1) is 5.92 Å². The van der Waals surface area contributed by atoms with Crippen molar-refractivity contribution in [1.82, 2.24) is 4.90 Å². The molecule has 0 atom stereocenters. The van der Waals surface area contributed by atoms with Crippen molar-refractivity contribution in [2.75, 3.05) is 18.1 Å². The molecule has 0 radical (unpaired) electrons. The Balaban J connectivity index is 1.80. The first-order valence-electron chi connectivity index (χ1n) is 9.57. The van der Waals surface area contributed by atoms with Crippen molar-refractivity contribution in [1.29, 1.82) is 0 Å². The van der Waals surface area contributed by atoms with Crippen LogP contribution < -0.4 is 9.75 Å². The van der Waals surface area contributed by atoms with Gasteiger partial charge in [-0.3, -0.25) is 4.79 Å². The van der Waals surface area contributed by atoms with Crippen molar-refractivity contribution >= 4 is 46.5 Å². The van der Waals surface area contributed by atoms with Crippen LogP contribution in [0.2, 0.25) is 0 Å². The molecular weight excluding hydrogens is 467 g/mol. The number of halogens is 3. The molecule has 172 valence electrons. The molecule has 1 saturated heterocycles. The summed E-state index contributed by atoms with van der Waals surface area (Å²) in [6.45, 7) is 2.59. The second-order valence-corrected chi connectivity index (χ2v) is 8.18. The van der Waals surface area contributed by atoms with Gasteiger partial charge in [0.05, 0.1) is 10.8 Å². The number of aromatic hydroxyl groups is 1. The zero-order valence-electron chi connectivity index (χ0n) is 16.9. The number of aliphatic carboxylic acids is 1. The molecule has 0 aliphatic carbocycles. The Morgan fingerprint density at radius 2 is 1.94 bits per heavy atom. The van der Waals surface area contributed by atoms with Crippen LogP contribution in [0.25, 0.3) is 10.4 Å². The molecule has 3 rings (SSSR count). The number of thiophene rings is 1. The fraction of sp³-hybridized carbons (Fsp3) is 0.350. The molecule has 0 amide bonds. The molecule has 1 aliphatic heterocycles. The number of rotatable bonds is 5. The second kappa shape index (κ2) is 9.74. The van der Waals surface area contributed by atoms with E-state index in [1.54, 1.807) is 12.3 Å². The van der Waals surface area contributed by atoms with Crippen LogP contribution in [-0.4, -0.2) is 51.9 Å². The van der Waals surface area contributed by atoms with Crippen molar-refractivity contribution in [2.24, 2.45) is 11.0 Å². The average molecular weight is 488 g/mol. The van der Waals surface area contributed by atoms with Gasteiger partial charge in [-0.15, -0.1) is 24.5 Å². The molecule has 0 bridgehead atoms. The summed E-state index contributed by atoms with van der Waals surface area (Å²) >= 11 is 6.75. The lowest BCUT2D eigenvalue weighted by molar-refractivity contribution is -0.274. The topological polar surface area (TPSA) is 85.6 Å². The number of ether oxygens (including phenoxy) is 1. The molecule has 1 aliphatic rings. The zero-order valence-corrected chi connectivity index (χ0v) is 18.5. The number of benzene rings is 1. The molecule has 2 N–H and O–H groups in total. The van der Waals surface area contributed by atoms with Crippen molar-refractivity contribution in [2.45, 2.75) is 26.1 Å². The number of carboxylic acid groups (broad SMARTS) is 1. The molecule has 2 aromatic rings. The van der Waals surface area contributed by atoms with Crippen LogP contribution in [0.3, 0.4) is 0 Å². The lowest BCUT2D eigenvalue weighted by atomic mass is 9.97. The first kappa shape index (κ1) is 23.8. The predicted octanol–water partition coefficient (Wildman–Crippen LogP) is 4.91. The summed E-state index contributed by atoms with van der Waals surface area (Å²) in [6.07, 6.45) is -2.37. The number of hydrazone groups is 1. The Kier molecular flexibility index (Phi) is 7.24. The number of carbonyl (C=O) groups is 1. The molecule has 0 saturated carbocycles. The van der Waals surface area contributed by atoms with Crippen molar-refractivity contribution in [3.8, 4) is 21.9 Å². The molecule has 0 unspecified atom stereocenters. The van der Waals surface area contributed by atoms with Gasteiger partial charge in [-0.05, 0) is 61.8 Å². The Bertz CT molecular complexity index is 1000. The van der Waals surface area contributed by atoms with E-state index in [1.807, 2.05) is 4.90 Å². The third-order valence-electron chi connectivity index (χ3n) is 4.85. The minimum Gasteiger partial charge on any atom is -0.504 e. The number of anilines is 1. The van der Waals surface area contributed by atoms with Crippen LogP contribution in [-0.2, 0) is 4.79 Å². The quantitative estimate of drug-likeness (QED) is 0.352. The van der Waals surface area contributed by atoms with E-state index in [0.29, 0.717) is 47.2 Å². The van der Waals surface area contributed by atoms with E-state index in [0.717, 1.165) is 0 Å². The Hall–Kier alpha value is -2.86. The van der Waals surface area contributed by atoms with Crippen molar-refractivity contribution < 1.29 is 32.9 Å². The summed E-state index contributed by atoms with van der Waals surface area (Å²) in [5, 5.41) is 27.6. The summed E-state index contributed by atoms with van der Waals surface area (Å²) in [4.78, 5) is 13.4. The summed E-state index contributed by atoms with van der Waals surface area (Å²) in [5.74, 6) is -1.72. The van der Waals surface area contributed by atoms with E-state index in [1.165, 1.54) is 46.8 Å². The highest BCUT2D eigenvalue weighted by molar-refractivity contribution is 7.80. The maximum atomic E-state index is 12.4. The monoisotopic (exact) mass is 487 g/mol. The highest BCUT2D eigenvalue weighted by atomic mass is 32.1. The third kappa shape index (κ3) is 5.49. The number of carboxylic acids is 1. The molecule has 12 heteroatoms. The molecular formula is C20H20F3N3O4S2. The zero-order chi connectivity index (χ0) is 23.5. The van der Waals surface area contributed by atoms with E-state index < -0.39 is 18.2 Å². The van der Waals surface area contributed by atoms with Gasteiger partial charge in [-0.25, -0.2) is 5.01 Å². The number of likely N-dealkylation sites (tertiary alicyclic amines) is 1. The summed E-state index contributed by atoms with van der Waals surface area (Å²) in [5.41, 5.74) is 0.825. The average Bonchev–Trinajstić information content (AvgIpc) is 3.12. The van der Waals surface area contributed by atoms with E-state index in [4.69, 9.17) is 12.2 Å². The first-order chi connectivity index (χ1) is 15.1. The van der Waals surface area contributed by atoms with Gasteiger partial charge in [-0.2, -0.15) is 5.10 Å². The molecule has 1 aromatic heterocycles. The van der Waals surface area contributed by atoms with Crippen LogP contribution in [0.15, 0.2) is 34.7 Å². The Labute approximate surface area is 191 Å². The van der Waals surface area contributed by atoms with E-state index in [2.05, 4.69) is 9.84 Å². The third-order valence-corrected chi connectivity index (χ3v) is 6.29. The van der Waals surface area contributed by atoms with Crippen LogP contribution in [0.5, 0.6) is 11.5 Å². The Morgan fingerprint density at radius 3 is 2.47 bits per heavy atom. The fourth-order valence-corrected chi connectivity index (χ4v) is 4.54. The first-order valence-corrected chi connectivity index (χ1v) is 10.9. The number of hydrogen-bond acceptors (Lipinski definition) is 6. The number of piperidine rings is 1. The van der Waals surface area contributed by atoms with Gasteiger partial charge in [0.2, 0.25) is 0 Å². The number of thiocarbonyl (C=S) groups is 1. The van der Waals surface area contributed by atoms with E-state index in [-0.39, 0.29) is 11.5 Å². The van der Waals surface area contributed by atoms with Crippen LogP contribution in [0.1, 0.15) is 19.8 Å². The number of alkyl halides is 3. The lowest BCUT2D eigenvalue weighted by Gasteiger charge is -2.35. The fourth-order valence-electron chi connectivity index (χ4n) is 3.29. The predicted molar refractivity (Wildman–Crippen MR) is 119 cm³/mol. The SMILES string of the molecule is CC=NN(C(=S)N1CCC(C(=O)O)CC1)c1csc(-c2ccc(OC(F)(F)F)cc2)c1O. The maximum Gasteiger partial charge on any atom is 0.573 e. The highest BCUT2D eigenvalue weighted by Gasteiger charge is 2.31. The molecule has 0 spiro atoms. The van der Waals surface area contributed by atoms with Crippen molar-refractivity contribution in [3.05, 3.63) is 29.6 Å². The van der Waals surface area contributed by atoms with Gasteiger partial charge >= 0.3 is 12.3 Å². The van der Waals surface area contributed by atoms with Gasteiger partial charge in [0.15, 0.2) is 10.9 Å². The maximum absolute atomic E-state index is 12.4. The smallest absolute Gasteiger partial charge is 0.504 e. The van der Waals surface area contributed by atoms with E-state index >= 15 is 0 Å². The van der Waals surface area contributed by atoms with Crippen LogP contribution in [0.4, 0.5) is 18.9 Å². The molecule has 1 aromatic carbocycles. The number of hydrogen-bond donors (Lipinski definition) is 2. The Morgan fingerprint density at radius 1 is 1.31 bits per heavy atom. The summed E-state index contributed by atoms with van der Waals surface area (Å²) in [7, 11) is 0.